The molecule has 11 nitrogen and oxygen atoms in total. The van der Waals surface area contributed by atoms with E-state index >= 15 is 0 Å². The fourth-order valence-electron chi connectivity index (χ4n) is 6.67. The number of para-hydroxylation sites is 1. The maximum Gasteiger partial charge on any atom is 0.232 e. The number of anilines is 6. The average Bonchev–Trinajstić information content (AvgIpc) is 3.66. The Morgan fingerprint density at radius 3 is 2.59 bits per heavy atom. The lowest BCUT2D eigenvalue weighted by atomic mass is 10.1. The molecule has 12 heteroatoms. The van der Waals surface area contributed by atoms with Gasteiger partial charge in [-0.2, -0.15) is 9.97 Å². The van der Waals surface area contributed by atoms with Crippen LogP contribution in [0.5, 0.6) is 5.75 Å². The third-order valence-electron chi connectivity index (χ3n) is 8.42. The fraction of sp³-hybridized carbons (Fsp3) is 0.379. The number of hydrogen-bond donors (Lipinski definition) is 3. The van der Waals surface area contributed by atoms with Crippen molar-refractivity contribution in [2.75, 3.05) is 59.9 Å². The summed E-state index contributed by atoms with van der Waals surface area (Å²) >= 11 is 0. The molecule has 5 heterocycles. The smallest absolute Gasteiger partial charge is 0.232 e. The van der Waals surface area contributed by atoms with Crippen LogP contribution in [0.15, 0.2) is 48.7 Å². The molecule has 2 aromatic heterocycles. The number of nitrogens with one attached hydrogen (secondary N) is 3. The van der Waals surface area contributed by atoms with Gasteiger partial charge in [-0.3, -0.25) is 4.31 Å². The van der Waals surface area contributed by atoms with Gasteiger partial charge in [-0.25, -0.2) is 8.42 Å². The number of methoxy groups -OCH3 is 1. The number of piperazine rings is 1. The second kappa shape index (κ2) is 9.81. The molecule has 2 bridgehead atoms. The Kier molecular flexibility index (Phi) is 6.20. The highest BCUT2D eigenvalue weighted by molar-refractivity contribution is 7.92. The van der Waals surface area contributed by atoms with Crippen LogP contribution >= 0.6 is 0 Å². The zero-order valence-corrected chi connectivity index (χ0v) is 24.2. The number of benzene rings is 2. The summed E-state index contributed by atoms with van der Waals surface area (Å²) in [5, 5.41) is 7.55. The molecule has 0 spiro atoms. The molecule has 2 fully saturated rings. The molecule has 2 atom stereocenters. The summed E-state index contributed by atoms with van der Waals surface area (Å²) in [4.78, 5) is 17.7. The van der Waals surface area contributed by atoms with Gasteiger partial charge in [0.1, 0.15) is 17.2 Å². The molecule has 4 aromatic rings. The van der Waals surface area contributed by atoms with Gasteiger partial charge in [-0.1, -0.05) is 12.1 Å². The van der Waals surface area contributed by atoms with E-state index in [1.807, 2.05) is 36.5 Å². The van der Waals surface area contributed by atoms with E-state index < -0.39 is 10.0 Å². The molecule has 7 rings (SSSR count). The molecule has 214 valence electrons. The molecular weight excluding hydrogens is 540 g/mol. The first-order valence-electron chi connectivity index (χ1n) is 13.9. The standard InChI is InChI=1S/C29H34N8O3S/c1-35-16-20-7-8-21(17-35)37(20)19-9-10-23(25(15-19)40-2)32-29-33-27-22(11-13-30-27)28(34-29)31-24-6-4-5-18-12-14-36(26(18)24)41(3,38)39/h4-6,9-11,13,15,20-21H,7-8,12,14,16-17H2,1-3H3,(H3,30,31,32,33,34)/t20-,21+. The van der Waals surface area contributed by atoms with Gasteiger partial charge in [-0.15, -0.1) is 0 Å². The van der Waals surface area contributed by atoms with Crippen molar-refractivity contribution in [2.45, 2.75) is 31.3 Å². The number of rotatable bonds is 7. The summed E-state index contributed by atoms with van der Waals surface area (Å²) < 4.78 is 32.3. The van der Waals surface area contributed by atoms with Crippen molar-refractivity contribution in [3.63, 3.8) is 0 Å². The van der Waals surface area contributed by atoms with Gasteiger partial charge < -0.3 is 30.2 Å². The zero-order valence-electron chi connectivity index (χ0n) is 23.4. The first-order chi connectivity index (χ1) is 19.8. The fourth-order valence-corrected chi connectivity index (χ4v) is 7.64. The van der Waals surface area contributed by atoms with E-state index in [9.17, 15) is 8.42 Å². The predicted octanol–water partition coefficient (Wildman–Crippen LogP) is 4.06. The number of fused-ring (bicyclic) bond motifs is 4. The van der Waals surface area contributed by atoms with Crippen molar-refractivity contribution in [1.82, 2.24) is 19.9 Å². The lowest BCUT2D eigenvalue weighted by Gasteiger charge is -2.41. The minimum absolute atomic E-state index is 0.390. The predicted molar refractivity (Wildman–Crippen MR) is 163 cm³/mol. The Morgan fingerprint density at radius 2 is 1.83 bits per heavy atom. The Labute approximate surface area is 239 Å². The SMILES string of the molecule is COc1cc(N2[C@@H]3CC[C@H]2CN(C)C3)ccc1Nc1nc(Nc2cccc3c2N(S(C)(=O)=O)CC3)c2cc[nH]c2n1. The number of H-pyrrole nitrogens is 1. The molecule has 0 saturated carbocycles. The Balaban J connectivity index is 1.21. The number of aromatic nitrogens is 3. The topological polar surface area (TPSA) is 119 Å². The van der Waals surface area contributed by atoms with E-state index in [1.165, 1.54) is 29.1 Å². The van der Waals surface area contributed by atoms with Crippen LogP contribution in [0.1, 0.15) is 18.4 Å². The third kappa shape index (κ3) is 4.60. The van der Waals surface area contributed by atoms with Crippen LogP contribution in [-0.4, -0.2) is 80.4 Å². The second-order valence-corrected chi connectivity index (χ2v) is 13.1. The van der Waals surface area contributed by atoms with Gasteiger partial charge in [0, 0.05) is 49.7 Å². The summed E-state index contributed by atoms with van der Waals surface area (Å²) in [5.41, 5.74) is 4.92. The molecule has 3 aliphatic rings. The molecule has 3 N–H and O–H groups in total. The minimum atomic E-state index is -3.41. The van der Waals surface area contributed by atoms with E-state index in [2.05, 4.69) is 44.6 Å². The maximum atomic E-state index is 12.5. The highest BCUT2D eigenvalue weighted by Crippen LogP contribution is 2.41. The van der Waals surface area contributed by atoms with Crippen molar-refractivity contribution in [3.05, 3.63) is 54.2 Å². The average molecular weight is 575 g/mol. The number of likely N-dealkylation sites (tertiary alicyclic amines) is 1. The lowest BCUT2D eigenvalue weighted by Crippen LogP contribution is -2.52. The number of aromatic amines is 1. The van der Waals surface area contributed by atoms with Crippen LogP contribution in [0.25, 0.3) is 11.0 Å². The van der Waals surface area contributed by atoms with Crippen LogP contribution in [0.4, 0.5) is 34.5 Å². The lowest BCUT2D eigenvalue weighted by molar-refractivity contribution is 0.264. The molecular formula is C29H34N8O3S. The Morgan fingerprint density at radius 1 is 1.02 bits per heavy atom. The first-order valence-corrected chi connectivity index (χ1v) is 15.8. The van der Waals surface area contributed by atoms with Crippen LogP contribution < -0.4 is 24.6 Å². The number of hydrogen-bond acceptors (Lipinski definition) is 9. The summed E-state index contributed by atoms with van der Waals surface area (Å²) in [6.07, 6.45) is 6.14. The molecule has 3 aliphatic heterocycles. The molecule has 2 saturated heterocycles. The maximum absolute atomic E-state index is 12.5. The summed E-state index contributed by atoms with van der Waals surface area (Å²) in [7, 11) is 0.462. The van der Waals surface area contributed by atoms with Crippen LogP contribution in [0, 0.1) is 0 Å². The number of ether oxygens (including phenoxy) is 1. The van der Waals surface area contributed by atoms with Crippen molar-refractivity contribution in [3.8, 4) is 5.75 Å². The zero-order chi connectivity index (χ0) is 28.3. The van der Waals surface area contributed by atoms with Crippen molar-refractivity contribution in [2.24, 2.45) is 0 Å². The van der Waals surface area contributed by atoms with Gasteiger partial charge in [-0.05, 0) is 56.1 Å². The van der Waals surface area contributed by atoms with E-state index in [0.29, 0.717) is 53.8 Å². The van der Waals surface area contributed by atoms with Crippen LogP contribution in [-0.2, 0) is 16.4 Å². The quantitative estimate of drug-likeness (QED) is 0.300. The van der Waals surface area contributed by atoms with Gasteiger partial charge in [0.15, 0.2) is 0 Å². The highest BCUT2D eigenvalue weighted by atomic mass is 32.2. The van der Waals surface area contributed by atoms with Gasteiger partial charge in [0.2, 0.25) is 16.0 Å². The Bertz CT molecular complexity index is 1730. The molecule has 0 amide bonds. The van der Waals surface area contributed by atoms with Gasteiger partial charge >= 0.3 is 0 Å². The van der Waals surface area contributed by atoms with E-state index in [1.54, 1.807) is 7.11 Å². The minimum Gasteiger partial charge on any atom is -0.494 e. The van der Waals surface area contributed by atoms with E-state index in [-0.39, 0.29) is 0 Å². The summed E-state index contributed by atoms with van der Waals surface area (Å²) in [6, 6.07) is 15.0. The summed E-state index contributed by atoms with van der Waals surface area (Å²) in [6.45, 7) is 2.57. The Hall–Kier alpha value is -4.03. The number of likely N-dealkylation sites (N-methyl/N-ethyl adjacent to an activating group) is 1. The van der Waals surface area contributed by atoms with Crippen LogP contribution in [0.2, 0.25) is 0 Å². The third-order valence-corrected chi connectivity index (χ3v) is 9.58. The summed E-state index contributed by atoms with van der Waals surface area (Å²) in [5.74, 6) is 1.67. The van der Waals surface area contributed by atoms with Gasteiger partial charge in [0.25, 0.3) is 0 Å². The molecule has 0 aliphatic carbocycles. The van der Waals surface area contributed by atoms with Gasteiger partial charge in [0.05, 0.1) is 35.8 Å². The molecule has 2 aromatic carbocycles. The largest absolute Gasteiger partial charge is 0.494 e. The number of nitrogens with zero attached hydrogens (tertiary/aromatic N) is 5. The van der Waals surface area contributed by atoms with Crippen molar-refractivity contribution < 1.29 is 13.2 Å². The first kappa shape index (κ1) is 25.9. The van der Waals surface area contributed by atoms with E-state index in [4.69, 9.17) is 14.7 Å². The number of sulfonamides is 1. The second-order valence-electron chi connectivity index (χ2n) is 11.2. The van der Waals surface area contributed by atoms with Crippen molar-refractivity contribution in [1.29, 1.82) is 0 Å². The monoisotopic (exact) mass is 574 g/mol. The van der Waals surface area contributed by atoms with Crippen molar-refractivity contribution >= 4 is 55.6 Å². The molecule has 41 heavy (non-hydrogen) atoms. The molecule has 0 unspecified atom stereocenters. The normalized spacial score (nSPS) is 20.5. The molecule has 0 radical (unpaired) electrons. The van der Waals surface area contributed by atoms with Crippen LogP contribution in [0.3, 0.4) is 0 Å². The van der Waals surface area contributed by atoms with E-state index in [0.717, 1.165) is 35.5 Å². The highest BCUT2D eigenvalue weighted by Gasteiger charge is 2.39.